The highest BCUT2D eigenvalue weighted by Gasteiger charge is 2.09. The van der Waals surface area contributed by atoms with Gasteiger partial charge in [0, 0.05) is 13.5 Å². The molecule has 0 bridgehead atoms. The van der Waals surface area contributed by atoms with Gasteiger partial charge in [-0.3, -0.25) is 4.79 Å². The van der Waals surface area contributed by atoms with E-state index in [1.807, 2.05) is 6.92 Å². The normalized spacial score (nSPS) is 15.1. The number of aliphatic carboxylic acids is 1. The van der Waals surface area contributed by atoms with Crippen LogP contribution in [-0.4, -0.2) is 48.7 Å². The minimum atomic E-state index is -0.908. The van der Waals surface area contributed by atoms with E-state index in [9.17, 15) is 9.90 Å². The Balaban J connectivity index is 3.42. The van der Waals surface area contributed by atoms with Crippen molar-refractivity contribution < 1.29 is 24.5 Å². The molecule has 0 saturated heterocycles. The third kappa shape index (κ3) is 7.97. The molecular weight excluding hydrogens is 188 g/mol. The molecule has 0 aliphatic rings. The van der Waals surface area contributed by atoms with Crippen LogP contribution < -0.4 is 0 Å². The molecule has 0 rings (SSSR count). The van der Waals surface area contributed by atoms with Gasteiger partial charge in [0.05, 0.1) is 25.4 Å². The van der Waals surface area contributed by atoms with E-state index in [1.54, 1.807) is 7.11 Å². The molecule has 0 spiro atoms. The number of rotatable bonds is 8. The fourth-order valence-corrected chi connectivity index (χ4v) is 0.932. The van der Waals surface area contributed by atoms with Crippen LogP contribution in [0.5, 0.6) is 0 Å². The van der Waals surface area contributed by atoms with Crippen molar-refractivity contribution in [3.05, 3.63) is 0 Å². The van der Waals surface area contributed by atoms with E-state index < -0.39 is 12.1 Å². The number of carboxylic acid groups (broad SMARTS) is 1. The minimum Gasteiger partial charge on any atom is -0.481 e. The highest BCUT2D eigenvalue weighted by atomic mass is 16.5. The SMILES string of the molecule is COCC(C)OCC(O)CCC(=O)O. The second kappa shape index (κ2) is 7.73. The second-order valence-electron chi connectivity index (χ2n) is 3.19. The standard InChI is InChI=1S/C9H18O5/c1-7(5-13-2)14-6-8(10)3-4-9(11)12/h7-8,10H,3-6H2,1-2H3,(H,11,12). The highest BCUT2D eigenvalue weighted by molar-refractivity contribution is 5.66. The summed E-state index contributed by atoms with van der Waals surface area (Å²) in [6, 6.07) is 0. The summed E-state index contributed by atoms with van der Waals surface area (Å²) in [7, 11) is 1.57. The Morgan fingerprint density at radius 2 is 2.07 bits per heavy atom. The molecule has 0 radical (unpaired) electrons. The zero-order chi connectivity index (χ0) is 11.0. The maximum absolute atomic E-state index is 10.2. The molecule has 0 aliphatic heterocycles. The van der Waals surface area contributed by atoms with Crippen LogP contribution in [0.3, 0.4) is 0 Å². The molecule has 0 aromatic heterocycles. The first-order valence-corrected chi connectivity index (χ1v) is 4.56. The van der Waals surface area contributed by atoms with Gasteiger partial charge in [0.2, 0.25) is 0 Å². The first-order chi connectivity index (χ1) is 6.56. The first-order valence-electron chi connectivity index (χ1n) is 4.56. The molecule has 0 heterocycles. The van der Waals surface area contributed by atoms with Gasteiger partial charge in [0.25, 0.3) is 0 Å². The van der Waals surface area contributed by atoms with E-state index >= 15 is 0 Å². The lowest BCUT2D eigenvalue weighted by Gasteiger charge is -2.15. The Labute approximate surface area is 83.6 Å². The molecule has 84 valence electrons. The first kappa shape index (κ1) is 13.4. The van der Waals surface area contributed by atoms with Gasteiger partial charge in [-0.15, -0.1) is 0 Å². The van der Waals surface area contributed by atoms with Crippen LogP contribution in [0, 0.1) is 0 Å². The monoisotopic (exact) mass is 206 g/mol. The molecule has 2 atom stereocenters. The van der Waals surface area contributed by atoms with Crippen molar-refractivity contribution in [3.63, 3.8) is 0 Å². The zero-order valence-electron chi connectivity index (χ0n) is 8.60. The van der Waals surface area contributed by atoms with Crippen LogP contribution in [0.15, 0.2) is 0 Å². The summed E-state index contributed by atoms with van der Waals surface area (Å²) in [4.78, 5) is 10.2. The Hall–Kier alpha value is -0.650. The van der Waals surface area contributed by atoms with Crippen LogP contribution in [0.1, 0.15) is 19.8 Å². The summed E-state index contributed by atoms with van der Waals surface area (Å²) in [5.74, 6) is -0.908. The summed E-state index contributed by atoms with van der Waals surface area (Å²) in [5.41, 5.74) is 0. The second-order valence-corrected chi connectivity index (χ2v) is 3.19. The lowest BCUT2D eigenvalue weighted by molar-refractivity contribution is -0.138. The van der Waals surface area contributed by atoms with Crippen molar-refractivity contribution >= 4 is 5.97 Å². The quantitative estimate of drug-likeness (QED) is 0.596. The largest absolute Gasteiger partial charge is 0.481 e. The third-order valence-electron chi connectivity index (χ3n) is 1.67. The van der Waals surface area contributed by atoms with Crippen molar-refractivity contribution in [1.82, 2.24) is 0 Å². The van der Waals surface area contributed by atoms with Crippen molar-refractivity contribution in [2.75, 3.05) is 20.3 Å². The summed E-state index contributed by atoms with van der Waals surface area (Å²) >= 11 is 0. The molecule has 0 aliphatic carbocycles. The summed E-state index contributed by atoms with van der Waals surface area (Å²) in [6.07, 6.45) is -0.622. The number of ether oxygens (including phenoxy) is 2. The maximum atomic E-state index is 10.2. The summed E-state index contributed by atoms with van der Waals surface area (Å²) < 4.78 is 10.0. The predicted molar refractivity (Wildman–Crippen MR) is 50.2 cm³/mol. The molecule has 14 heavy (non-hydrogen) atoms. The summed E-state index contributed by atoms with van der Waals surface area (Å²) in [5, 5.41) is 17.6. The van der Waals surface area contributed by atoms with E-state index in [2.05, 4.69) is 0 Å². The van der Waals surface area contributed by atoms with Crippen molar-refractivity contribution in [1.29, 1.82) is 0 Å². The lowest BCUT2D eigenvalue weighted by Crippen LogP contribution is -2.23. The molecule has 0 fully saturated rings. The van der Waals surface area contributed by atoms with Gasteiger partial charge in [-0.1, -0.05) is 0 Å². The Kier molecular flexibility index (Phi) is 7.37. The van der Waals surface area contributed by atoms with Gasteiger partial charge in [-0.25, -0.2) is 0 Å². The van der Waals surface area contributed by atoms with E-state index in [0.717, 1.165) is 0 Å². The van der Waals surface area contributed by atoms with Crippen LogP contribution >= 0.6 is 0 Å². The molecule has 5 nitrogen and oxygen atoms in total. The molecule has 0 amide bonds. The zero-order valence-corrected chi connectivity index (χ0v) is 8.60. The number of hydrogen-bond acceptors (Lipinski definition) is 4. The smallest absolute Gasteiger partial charge is 0.303 e. The average molecular weight is 206 g/mol. The van der Waals surface area contributed by atoms with Crippen molar-refractivity contribution in [2.45, 2.75) is 32.0 Å². The van der Waals surface area contributed by atoms with E-state index in [-0.39, 0.29) is 25.6 Å². The van der Waals surface area contributed by atoms with Crippen LogP contribution in [0.25, 0.3) is 0 Å². The Morgan fingerprint density at radius 3 is 2.57 bits per heavy atom. The van der Waals surface area contributed by atoms with Gasteiger partial charge in [0.15, 0.2) is 0 Å². The predicted octanol–water partition coefficient (Wildman–Crippen LogP) is 0.264. The summed E-state index contributed by atoms with van der Waals surface area (Å²) in [6.45, 7) is 2.44. The van der Waals surface area contributed by atoms with Crippen LogP contribution in [-0.2, 0) is 14.3 Å². The number of aliphatic hydroxyl groups excluding tert-OH is 1. The van der Waals surface area contributed by atoms with Gasteiger partial charge in [0.1, 0.15) is 0 Å². The molecule has 0 aromatic carbocycles. The lowest BCUT2D eigenvalue weighted by atomic mass is 10.2. The van der Waals surface area contributed by atoms with Crippen molar-refractivity contribution in [2.24, 2.45) is 0 Å². The van der Waals surface area contributed by atoms with Gasteiger partial charge in [-0.2, -0.15) is 0 Å². The van der Waals surface area contributed by atoms with Crippen molar-refractivity contribution in [3.8, 4) is 0 Å². The van der Waals surface area contributed by atoms with E-state index in [1.165, 1.54) is 0 Å². The van der Waals surface area contributed by atoms with Gasteiger partial charge in [-0.05, 0) is 13.3 Å². The fraction of sp³-hybridized carbons (Fsp3) is 0.889. The number of carboxylic acids is 1. The van der Waals surface area contributed by atoms with E-state index in [0.29, 0.717) is 6.61 Å². The molecule has 5 heteroatoms. The molecule has 2 N–H and O–H groups in total. The molecule has 0 saturated carbocycles. The molecule has 2 unspecified atom stereocenters. The highest BCUT2D eigenvalue weighted by Crippen LogP contribution is 2.00. The number of methoxy groups -OCH3 is 1. The maximum Gasteiger partial charge on any atom is 0.303 e. The van der Waals surface area contributed by atoms with Gasteiger partial charge < -0.3 is 19.7 Å². The Bertz CT molecular complexity index is 159. The average Bonchev–Trinajstić information content (AvgIpc) is 2.12. The molecule has 0 aromatic rings. The number of aliphatic hydroxyl groups is 1. The van der Waals surface area contributed by atoms with E-state index in [4.69, 9.17) is 14.6 Å². The Morgan fingerprint density at radius 1 is 1.43 bits per heavy atom. The van der Waals surface area contributed by atoms with Crippen LogP contribution in [0.2, 0.25) is 0 Å². The molecular formula is C9H18O5. The number of hydrogen-bond donors (Lipinski definition) is 2. The fourth-order valence-electron chi connectivity index (χ4n) is 0.932. The topological polar surface area (TPSA) is 76.0 Å². The third-order valence-corrected chi connectivity index (χ3v) is 1.67. The minimum absolute atomic E-state index is 0.0385. The van der Waals surface area contributed by atoms with Gasteiger partial charge >= 0.3 is 5.97 Å². The van der Waals surface area contributed by atoms with Crippen LogP contribution in [0.4, 0.5) is 0 Å². The number of carbonyl (C=O) groups is 1.